The van der Waals surface area contributed by atoms with Crippen molar-refractivity contribution in [2.75, 3.05) is 0 Å². The van der Waals surface area contributed by atoms with Crippen LogP contribution in [0.2, 0.25) is 0 Å². The number of hydrogen-bond donors (Lipinski definition) is 4. The molecule has 7 heteroatoms. The van der Waals surface area contributed by atoms with Crippen LogP contribution in [0, 0.1) is 16.5 Å². The molecule has 0 saturated heterocycles. The summed E-state index contributed by atoms with van der Waals surface area (Å²) in [5, 5.41) is 27.0. The lowest BCUT2D eigenvalue weighted by Gasteiger charge is -2.13. The third-order valence-corrected chi connectivity index (χ3v) is 1.61. The number of benzene rings is 1. The number of aliphatic imine (C=N–C) groups is 1. The topological polar surface area (TPSA) is 136 Å². The lowest BCUT2D eigenvalue weighted by Crippen LogP contribution is -2.99. The van der Waals surface area contributed by atoms with Gasteiger partial charge in [-0.3, -0.25) is 0 Å². The lowest BCUT2D eigenvalue weighted by molar-refractivity contribution is -0.990. The summed E-state index contributed by atoms with van der Waals surface area (Å²) in [5.41, 5.74) is 10.5. The molecule has 0 fully saturated rings. The molecule has 1 rings (SSSR count). The first-order chi connectivity index (χ1) is 7.04. The maximum atomic E-state index is 10.8. The first kappa shape index (κ1) is 10.9. The van der Waals surface area contributed by atoms with Crippen LogP contribution < -0.4 is 16.7 Å². The minimum Gasteiger partial charge on any atom is -0.595 e. The lowest BCUT2D eigenvalue weighted by atomic mass is 10.2. The second-order valence-electron chi connectivity index (χ2n) is 2.69. The summed E-state index contributed by atoms with van der Waals surface area (Å²) in [6, 6.07) is 5.86. The molecule has 0 heterocycles. The van der Waals surface area contributed by atoms with Crippen molar-refractivity contribution in [3.63, 3.8) is 0 Å². The largest absolute Gasteiger partial charge is 0.595 e. The molecule has 0 aromatic heterocycles. The minimum atomic E-state index is -1.19. The van der Waals surface area contributed by atoms with Crippen LogP contribution in [0.4, 0.5) is 11.4 Å². The van der Waals surface area contributed by atoms with Gasteiger partial charge in [-0.25, -0.2) is 10.2 Å². The van der Waals surface area contributed by atoms with E-state index in [2.05, 4.69) is 4.99 Å². The molecule has 1 aromatic carbocycles. The molecule has 1 atom stereocenters. The second-order valence-corrected chi connectivity index (χ2v) is 2.69. The molecule has 0 bridgehead atoms. The molecular formula is C8H9N5O2. The van der Waals surface area contributed by atoms with Crippen LogP contribution in [0.25, 0.3) is 0 Å². The van der Waals surface area contributed by atoms with Gasteiger partial charge in [0.1, 0.15) is 5.69 Å². The van der Waals surface area contributed by atoms with E-state index >= 15 is 0 Å². The molecule has 7 nitrogen and oxygen atoms in total. The normalized spacial score (nSPS) is 11.5. The Hall–Kier alpha value is -2.14. The van der Waals surface area contributed by atoms with Gasteiger partial charge in [0, 0.05) is 6.07 Å². The quantitative estimate of drug-likeness (QED) is 0.276. The molecule has 0 saturated carbocycles. The molecule has 0 amide bonds. The predicted octanol–water partition coefficient (Wildman–Crippen LogP) is -1.13. The molecule has 1 unspecified atom stereocenters. The minimum absolute atomic E-state index is 0.109. The predicted molar refractivity (Wildman–Crippen MR) is 52.4 cm³/mol. The van der Waals surface area contributed by atoms with Crippen LogP contribution in [0.3, 0.4) is 0 Å². The molecule has 0 spiro atoms. The van der Waals surface area contributed by atoms with Gasteiger partial charge < -0.3 is 16.7 Å². The number of nitrogens with zero attached hydrogens (tertiary/aromatic N) is 2. The number of rotatable bonds is 2. The Bertz CT molecular complexity index is 431. The van der Waals surface area contributed by atoms with Crippen molar-refractivity contribution in [3.8, 4) is 6.07 Å². The Morgan fingerprint density at radius 2 is 2.20 bits per heavy atom. The Morgan fingerprint density at radius 3 is 2.67 bits per heavy atom. The zero-order valence-electron chi connectivity index (χ0n) is 7.64. The van der Waals surface area contributed by atoms with Gasteiger partial charge in [-0.15, -0.1) is 0 Å². The Kier molecular flexibility index (Phi) is 3.20. The number of nitriles is 1. The van der Waals surface area contributed by atoms with E-state index in [0.29, 0.717) is 0 Å². The Balaban J connectivity index is 3.29. The summed E-state index contributed by atoms with van der Waals surface area (Å²) in [7, 11) is 0. The van der Waals surface area contributed by atoms with Crippen molar-refractivity contribution in [1.82, 2.24) is 0 Å². The van der Waals surface area contributed by atoms with Crippen molar-refractivity contribution in [1.29, 1.82) is 5.26 Å². The van der Waals surface area contributed by atoms with Crippen molar-refractivity contribution >= 4 is 17.3 Å². The highest BCUT2D eigenvalue weighted by Gasteiger charge is 2.09. The summed E-state index contributed by atoms with van der Waals surface area (Å²) in [4.78, 5) is 3.64. The smallest absolute Gasteiger partial charge is 0.191 e. The van der Waals surface area contributed by atoms with Crippen molar-refractivity contribution in [2.24, 2.45) is 16.5 Å². The zero-order chi connectivity index (χ0) is 11.4. The molecule has 1 aromatic rings. The van der Waals surface area contributed by atoms with Gasteiger partial charge in [-0.2, -0.15) is 10.5 Å². The molecule has 0 aliphatic rings. The van der Waals surface area contributed by atoms with Crippen molar-refractivity contribution < 1.29 is 10.4 Å². The molecule has 78 valence electrons. The molecule has 15 heavy (non-hydrogen) atoms. The van der Waals surface area contributed by atoms with Crippen LogP contribution in [-0.4, -0.2) is 11.2 Å². The maximum absolute atomic E-state index is 10.8. The third-order valence-electron chi connectivity index (χ3n) is 1.61. The van der Waals surface area contributed by atoms with Gasteiger partial charge in [0.15, 0.2) is 11.6 Å². The summed E-state index contributed by atoms with van der Waals surface area (Å²) in [5.74, 6) is -0.234. The van der Waals surface area contributed by atoms with Crippen LogP contribution in [0.5, 0.6) is 0 Å². The maximum Gasteiger partial charge on any atom is 0.191 e. The van der Waals surface area contributed by atoms with E-state index in [1.807, 2.05) is 6.07 Å². The second kappa shape index (κ2) is 4.39. The average Bonchev–Trinajstić information content (AvgIpc) is 2.17. The van der Waals surface area contributed by atoms with E-state index in [1.54, 1.807) is 0 Å². The molecular weight excluding hydrogens is 198 g/mol. The Labute approximate surface area is 85.4 Å². The van der Waals surface area contributed by atoms with Gasteiger partial charge in [-0.1, -0.05) is 0 Å². The van der Waals surface area contributed by atoms with Crippen molar-refractivity contribution in [2.45, 2.75) is 0 Å². The van der Waals surface area contributed by atoms with E-state index < -0.39 is 5.23 Å². The monoisotopic (exact) mass is 207 g/mol. The SMILES string of the molecule is N#Cc1ccc(N=C(N)N)c([NH+]([O-])O)c1. The summed E-state index contributed by atoms with van der Waals surface area (Å²) in [6.07, 6.45) is 0. The number of hydrogen-bond acceptors (Lipinski definition) is 4. The summed E-state index contributed by atoms with van der Waals surface area (Å²) in [6.45, 7) is 0. The van der Waals surface area contributed by atoms with Crippen LogP contribution >= 0.6 is 0 Å². The highest BCUT2D eigenvalue weighted by atomic mass is 16.8. The first-order valence-corrected chi connectivity index (χ1v) is 3.91. The molecule has 0 radical (unpaired) electrons. The van der Waals surface area contributed by atoms with Crippen LogP contribution in [-0.2, 0) is 0 Å². The fourth-order valence-electron chi connectivity index (χ4n) is 1.01. The zero-order valence-corrected chi connectivity index (χ0v) is 7.64. The highest BCUT2D eigenvalue weighted by molar-refractivity contribution is 5.81. The standard InChI is InChI=1S/C8H9N5O2/c9-4-5-1-2-6(12-8(10)11)7(3-5)13(14)15/h1-3,13-14H,(H4,10,11,12). The van der Waals surface area contributed by atoms with Crippen LogP contribution in [0.1, 0.15) is 5.56 Å². The number of nitrogens with one attached hydrogen (secondary N) is 1. The third kappa shape index (κ3) is 2.65. The fraction of sp³-hybridized carbons (Fsp3) is 0. The van der Waals surface area contributed by atoms with E-state index in [0.717, 1.165) is 0 Å². The number of quaternary nitrogens is 1. The average molecular weight is 207 g/mol. The fourth-order valence-corrected chi connectivity index (χ4v) is 1.01. The molecule has 0 aliphatic carbocycles. The highest BCUT2D eigenvalue weighted by Crippen LogP contribution is 2.22. The van der Waals surface area contributed by atoms with Gasteiger partial charge in [0.25, 0.3) is 0 Å². The molecule has 6 N–H and O–H groups in total. The van der Waals surface area contributed by atoms with E-state index in [4.69, 9.17) is 21.9 Å². The van der Waals surface area contributed by atoms with Crippen LogP contribution in [0.15, 0.2) is 23.2 Å². The van der Waals surface area contributed by atoms with E-state index in [-0.39, 0.29) is 22.9 Å². The van der Waals surface area contributed by atoms with Gasteiger partial charge in [0.2, 0.25) is 0 Å². The molecule has 0 aliphatic heterocycles. The summed E-state index contributed by atoms with van der Waals surface area (Å²) < 4.78 is 0. The Morgan fingerprint density at radius 1 is 1.53 bits per heavy atom. The number of guanidine groups is 1. The summed E-state index contributed by atoms with van der Waals surface area (Å²) >= 11 is 0. The van der Waals surface area contributed by atoms with Crippen molar-refractivity contribution in [3.05, 3.63) is 29.0 Å². The number of nitrogens with two attached hydrogens (primary N) is 2. The first-order valence-electron chi connectivity index (χ1n) is 3.91. The van der Waals surface area contributed by atoms with Gasteiger partial charge in [0.05, 0.1) is 11.6 Å². The van der Waals surface area contributed by atoms with Gasteiger partial charge in [-0.05, 0) is 12.1 Å². The van der Waals surface area contributed by atoms with E-state index in [1.165, 1.54) is 18.2 Å². The van der Waals surface area contributed by atoms with Gasteiger partial charge >= 0.3 is 0 Å². The van der Waals surface area contributed by atoms with E-state index in [9.17, 15) is 5.21 Å².